The van der Waals surface area contributed by atoms with E-state index >= 15 is 0 Å². The molecule has 0 saturated heterocycles. The van der Waals surface area contributed by atoms with Crippen molar-refractivity contribution in [3.05, 3.63) is 112 Å². The van der Waals surface area contributed by atoms with Crippen molar-refractivity contribution >= 4 is 56.3 Å². The number of hydrogen-bond donors (Lipinski definition) is 1. The third kappa shape index (κ3) is 4.92. The summed E-state index contributed by atoms with van der Waals surface area (Å²) in [5.41, 5.74) is 3.64. The Morgan fingerprint density at radius 2 is 1.62 bits per heavy atom. The number of rotatable bonds is 6. The smallest absolute Gasteiger partial charge is 0.255 e. The molecule has 7 heteroatoms. The summed E-state index contributed by atoms with van der Waals surface area (Å²) in [5, 5.41) is 4.47. The van der Waals surface area contributed by atoms with Crippen molar-refractivity contribution in [1.82, 2.24) is 4.98 Å². The first-order valence-corrected chi connectivity index (χ1v) is 12.1. The number of carbonyl (C=O) groups excluding carboxylic acids is 1. The van der Waals surface area contributed by atoms with E-state index in [1.807, 2.05) is 54.6 Å². The highest BCUT2D eigenvalue weighted by atomic mass is 35.5. The van der Waals surface area contributed by atoms with Crippen LogP contribution in [-0.4, -0.2) is 10.9 Å². The van der Waals surface area contributed by atoms with E-state index in [1.165, 1.54) is 11.3 Å². The lowest BCUT2D eigenvalue weighted by Gasteiger charge is -2.11. The third-order valence-corrected chi connectivity index (χ3v) is 6.89. The van der Waals surface area contributed by atoms with E-state index in [2.05, 4.69) is 10.3 Å². The van der Waals surface area contributed by atoms with Crippen molar-refractivity contribution in [1.29, 1.82) is 0 Å². The fourth-order valence-electron chi connectivity index (χ4n) is 3.43. The maximum Gasteiger partial charge on any atom is 0.255 e. The highest BCUT2D eigenvalue weighted by molar-refractivity contribution is 7.21. The standard InChI is InChI=1S/C27H18Cl2N2O2S/c28-21-15-22(29)24(14-20(21)27-31-23-8-4-5-9-25(23)34-27)30-26(32)18-10-12-19(13-11-18)33-16-17-6-2-1-3-7-17/h1-15H,16H2,(H,30,32). The van der Waals surface area contributed by atoms with Crippen LogP contribution >= 0.6 is 34.5 Å². The summed E-state index contributed by atoms with van der Waals surface area (Å²) in [6.45, 7) is 0.460. The average molecular weight is 505 g/mol. The fraction of sp³-hybridized carbons (Fsp3) is 0.0370. The summed E-state index contributed by atoms with van der Waals surface area (Å²) < 4.78 is 6.85. The van der Waals surface area contributed by atoms with Crippen LogP contribution < -0.4 is 10.1 Å². The first-order valence-electron chi connectivity index (χ1n) is 10.5. The molecule has 0 atom stereocenters. The van der Waals surface area contributed by atoms with E-state index in [0.717, 1.165) is 20.8 Å². The fourth-order valence-corrected chi connectivity index (χ4v) is 5.01. The van der Waals surface area contributed by atoms with Gasteiger partial charge in [-0.05, 0) is 54.1 Å². The molecule has 0 unspecified atom stereocenters. The van der Waals surface area contributed by atoms with Gasteiger partial charge >= 0.3 is 0 Å². The number of aromatic nitrogens is 1. The van der Waals surface area contributed by atoms with E-state index in [1.54, 1.807) is 36.4 Å². The SMILES string of the molecule is O=C(Nc1cc(-c2nc3ccccc3s2)c(Cl)cc1Cl)c1ccc(OCc2ccccc2)cc1. The van der Waals surface area contributed by atoms with Gasteiger partial charge in [0.1, 0.15) is 17.4 Å². The van der Waals surface area contributed by atoms with Gasteiger partial charge in [-0.2, -0.15) is 0 Å². The molecule has 4 aromatic carbocycles. The van der Waals surface area contributed by atoms with Crippen molar-refractivity contribution in [3.8, 4) is 16.3 Å². The predicted octanol–water partition coefficient (Wildman–Crippen LogP) is 8.10. The molecule has 0 radical (unpaired) electrons. The van der Waals surface area contributed by atoms with Crippen LogP contribution in [0.2, 0.25) is 10.0 Å². The van der Waals surface area contributed by atoms with E-state index in [9.17, 15) is 4.79 Å². The van der Waals surface area contributed by atoms with Crippen molar-refractivity contribution in [2.45, 2.75) is 6.61 Å². The average Bonchev–Trinajstić information content (AvgIpc) is 3.29. The van der Waals surface area contributed by atoms with E-state index < -0.39 is 0 Å². The van der Waals surface area contributed by atoms with Crippen molar-refractivity contribution in [3.63, 3.8) is 0 Å². The Hall–Kier alpha value is -3.38. The van der Waals surface area contributed by atoms with Gasteiger partial charge in [0, 0.05) is 11.1 Å². The van der Waals surface area contributed by atoms with Gasteiger partial charge in [-0.15, -0.1) is 11.3 Å². The van der Waals surface area contributed by atoms with Crippen molar-refractivity contribution in [2.75, 3.05) is 5.32 Å². The number of anilines is 1. The van der Waals surface area contributed by atoms with Gasteiger partial charge in [-0.25, -0.2) is 4.98 Å². The highest BCUT2D eigenvalue weighted by Crippen LogP contribution is 2.39. The molecule has 0 aliphatic carbocycles. The number of halogens is 2. The lowest BCUT2D eigenvalue weighted by Crippen LogP contribution is -2.12. The number of nitrogens with zero attached hydrogens (tertiary/aromatic N) is 1. The van der Waals surface area contributed by atoms with Gasteiger partial charge in [0.25, 0.3) is 5.91 Å². The van der Waals surface area contributed by atoms with Crippen LogP contribution in [0.5, 0.6) is 5.75 Å². The van der Waals surface area contributed by atoms with Crippen LogP contribution in [0.15, 0.2) is 91.0 Å². The normalized spacial score (nSPS) is 10.9. The van der Waals surface area contributed by atoms with Gasteiger partial charge in [-0.1, -0.05) is 65.7 Å². The molecule has 0 aliphatic rings. The zero-order valence-corrected chi connectivity index (χ0v) is 20.1. The van der Waals surface area contributed by atoms with Gasteiger partial charge < -0.3 is 10.1 Å². The molecule has 1 aromatic heterocycles. The Morgan fingerprint density at radius 3 is 2.38 bits per heavy atom. The van der Waals surface area contributed by atoms with Gasteiger partial charge in [0.2, 0.25) is 0 Å². The molecular formula is C27H18Cl2N2O2S. The van der Waals surface area contributed by atoms with E-state index in [0.29, 0.717) is 39.2 Å². The molecule has 1 amide bonds. The summed E-state index contributed by atoms with van der Waals surface area (Å²) in [6, 6.07) is 28.1. The minimum atomic E-state index is -0.283. The zero-order valence-electron chi connectivity index (χ0n) is 17.8. The van der Waals surface area contributed by atoms with E-state index in [-0.39, 0.29) is 5.91 Å². The molecule has 34 heavy (non-hydrogen) atoms. The number of amides is 1. The Balaban J connectivity index is 1.32. The van der Waals surface area contributed by atoms with Crippen LogP contribution in [-0.2, 0) is 6.61 Å². The molecule has 5 rings (SSSR count). The number of fused-ring (bicyclic) bond motifs is 1. The van der Waals surface area contributed by atoms with Gasteiger partial charge in [0.15, 0.2) is 0 Å². The molecule has 0 spiro atoms. The summed E-state index contributed by atoms with van der Waals surface area (Å²) in [7, 11) is 0. The molecule has 168 valence electrons. The first kappa shape index (κ1) is 22.4. The van der Waals surface area contributed by atoms with Crippen LogP contribution in [0.25, 0.3) is 20.8 Å². The summed E-state index contributed by atoms with van der Waals surface area (Å²) in [6.07, 6.45) is 0. The van der Waals surface area contributed by atoms with Crippen LogP contribution in [0.1, 0.15) is 15.9 Å². The number of benzene rings is 4. The van der Waals surface area contributed by atoms with Crippen molar-refractivity contribution in [2.24, 2.45) is 0 Å². The number of thiazole rings is 1. The quantitative estimate of drug-likeness (QED) is 0.254. The highest BCUT2D eigenvalue weighted by Gasteiger charge is 2.15. The molecule has 0 bridgehead atoms. The second kappa shape index (κ2) is 9.85. The molecule has 4 nitrogen and oxygen atoms in total. The lowest BCUT2D eigenvalue weighted by molar-refractivity contribution is 0.102. The number of para-hydroxylation sites is 1. The second-order valence-corrected chi connectivity index (χ2v) is 9.40. The summed E-state index contributed by atoms with van der Waals surface area (Å²) in [4.78, 5) is 17.5. The van der Waals surface area contributed by atoms with Crippen LogP contribution in [0, 0.1) is 0 Å². The van der Waals surface area contributed by atoms with Crippen LogP contribution in [0.3, 0.4) is 0 Å². The molecule has 0 fully saturated rings. The van der Waals surface area contributed by atoms with Gasteiger partial charge in [-0.3, -0.25) is 4.79 Å². The number of hydrogen-bond acceptors (Lipinski definition) is 4. The molecule has 0 saturated carbocycles. The van der Waals surface area contributed by atoms with Gasteiger partial charge in [0.05, 0.1) is 25.9 Å². The van der Waals surface area contributed by atoms with Crippen LogP contribution in [0.4, 0.5) is 5.69 Å². The third-order valence-electron chi connectivity index (χ3n) is 5.19. The monoisotopic (exact) mass is 504 g/mol. The minimum absolute atomic E-state index is 0.283. The first-order chi connectivity index (χ1) is 16.6. The minimum Gasteiger partial charge on any atom is -0.489 e. The Kier molecular flexibility index (Phi) is 6.50. The maximum absolute atomic E-state index is 12.9. The Bertz CT molecular complexity index is 1430. The zero-order chi connectivity index (χ0) is 23.5. The molecule has 1 N–H and O–H groups in total. The molecule has 5 aromatic rings. The Labute approximate surface area is 210 Å². The number of carbonyl (C=O) groups is 1. The lowest BCUT2D eigenvalue weighted by atomic mass is 10.1. The predicted molar refractivity (Wildman–Crippen MR) is 140 cm³/mol. The summed E-state index contributed by atoms with van der Waals surface area (Å²) >= 11 is 14.4. The maximum atomic E-state index is 12.9. The largest absolute Gasteiger partial charge is 0.489 e. The molecule has 1 heterocycles. The summed E-state index contributed by atoms with van der Waals surface area (Å²) in [5.74, 6) is 0.400. The molecule has 0 aliphatic heterocycles. The van der Waals surface area contributed by atoms with E-state index in [4.69, 9.17) is 27.9 Å². The number of ether oxygens (including phenoxy) is 1. The Morgan fingerprint density at radius 1 is 0.882 bits per heavy atom. The topological polar surface area (TPSA) is 51.2 Å². The van der Waals surface area contributed by atoms with Crippen molar-refractivity contribution < 1.29 is 9.53 Å². The molecular weight excluding hydrogens is 487 g/mol. The second-order valence-electron chi connectivity index (χ2n) is 7.55. The number of nitrogens with one attached hydrogen (secondary N) is 1.